The zero-order valence-corrected chi connectivity index (χ0v) is 20.6. The van der Waals surface area contributed by atoms with Crippen molar-refractivity contribution in [3.63, 3.8) is 0 Å². The van der Waals surface area contributed by atoms with Gasteiger partial charge in [-0.3, -0.25) is 9.59 Å². The van der Waals surface area contributed by atoms with E-state index in [0.717, 1.165) is 25.7 Å². The van der Waals surface area contributed by atoms with E-state index in [4.69, 9.17) is 10.5 Å². The number of rotatable bonds is 7. The maximum atomic E-state index is 13.5. The molecule has 0 saturated heterocycles. The molecule has 0 spiro atoms. The molecule has 1 saturated carbocycles. The van der Waals surface area contributed by atoms with E-state index in [1.807, 2.05) is 5.38 Å². The number of amides is 1. The Morgan fingerprint density at radius 1 is 1.28 bits per heavy atom. The molecule has 3 heterocycles. The number of carbonyl (C=O) groups excluding carboxylic acids is 1. The molecular weight excluding hydrogens is 506 g/mol. The predicted molar refractivity (Wildman–Crippen MR) is 134 cm³/mol. The highest BCUT2D eigenvalue weighted by Crippen LogP contribution is 2.36. The molecule has 1 fully saturated rings. The number of aromatic hydroxyl groups is 1. The Morgan fingerprint density at radius 2 is 2.06 bits per heavy atom. The average Bonchev–Trinajstić information content (AvgIpc) is 3.54. The second-order valence-electron chi connectivity index (χ2n) is 8.64. The smallest absolute Gasteiger partial charge is 0.286 e. The van der Waals surface area contributed by atoms with Gasteiger partial charge >= 0.3 is 0 Å². The number of fused-ring (bicyclic) bond motifs is 1. The van der Waals surface area contributed by atoms with Crippen LogP contribution in [0.5, 0.6) is 11.5 Å². The third kappa shape index (κ3) is 4.58. The van der Waals surface area contributed by atoms with Crippen LogP contribution in [0.2, 0.25) is 0 Å². The van der Waals surface area contributed by atoms with Gasteiger partial charge in [0.05, 0.1) is 10.6 Å². The van der Waals surface area contributed by atoms with Gasteiger partial charge in [-0.15, -0.1) is 15.7 Å². The van der Waals surface area contributed by atoms with Crippen molar-refractivity contribution < 1.29 is 23.1 Å². The first-order valence-corrected chi connectivity index (χ1v) is 13.6. The number of thiophene rings is 1. The Bertz CT molecular complexity index is 1520. The number of benzene rings is 1. The Hall–Kier alpha value is -3.71. The molecule has 5 rings (SSSR count). The summed E-state index contributed by atoms with van der Waals surface area (Å²) in [6.07, 6.45) is 4.10. The SMILES string of the molecule is NC(=O)COc1ccc2c(c1)S(=O)(=O)N=C(c1c(O)c(-c3cccs3)nn(CC3CCCC3)c1=O)N2. The number of anilines is 1. The highest BCUT2D eigenvalue weighted by Gasteiger charge is 2.31. The van der Waals surface area contributed by atoms with Crippen LogP contribution >= 0.6 is 11.3 Å². The van der Waals surface area contributed by atoms with Crippen LogP contribution in [0.25, 0.3) is 10.6 Å². The summed E-state index contributed by atoms with van der Waals surface area (Å²) in [5.41, 5.74) is 4.50. The van der Waals surface area contributed by atoms with Gasteiger partial charge in [-0.25, -0.2) is 4.68 Å². The van der Waals surface area contributed by atoms with E-state index in [2.05, 4.69) is 14.8 Å². The maximum Gasteiger partial charge on any atom is 0.286 e. The Balaban J connectivity index is 1.60. The van der Waals surface area contributed by atoms with Gasteiger partial charge in [0, 0.05) is 12.6 Å². The fourth-order valence-electron chi connectivity index (χ4n) is 4.41. The van der Waals surface area contributed by atoms with Gasteiger partial charge in [-0.1, -0.05) is 18.9 Å². The molecule has 1 aliphatic carbocycles. The molecule has 188 valence electrons. The Morgan fingerprint density at radius 3 is 2.75 bits per heavy atom. The van der Waals surface area contributed by atoms with Gasteiger partial charge in [0.15, 0.2) is 18.2 Å². The van der Waals surface area contributed by atoms with Crippen LogP contribution in [-0.4, -0.2) is 41.7 Å². The van der Waals surface area contributed by atoms with Crippen LogP contribution in [0, 0.1) is 5.92 Å². The topological polar surface area (TPSA) is 166 Å². The first-order valence-electron chi connectivity index (χ1n) is 11.3. The van der Waals surface area contributed by atoms with Gasteiger partial charge in [0.25, 0.3) is 21.5 Å². The number of carbonyl (C=O) groups is 1. The number of nitrogens with zero attached hydrogens (tertiary/aromatic N) is 3. The highest BCUT2D eigenvalue weighted by atomic mass is 32.2. The molecule has 1 amide bonds. The lowest BCUT2D eigenvalue weighted by molar-refractivity contribution is -0.119. The summed E-state index contributed by atoms with van der Waals surface area (Å²) < 4.78 is 36.4. The number of hydrogen-bond donors (Lipinski definition) is 3. The molecule has 4 N–H and O–H groups in total. The quantitative estimate of drug-likeness (QED) is 0.419. The van der Waals surface area contributed by atoms with Gasteiger partial charge in [0.1, 0.15) is 21.9 Å². The number of hydrogen-bond acceptors (Lipinski definition) is 9. The average molecular weight is 530 g/mol. The van der Waals surface area contributed by atoms with Gasteiger partial charge in [-0.05, 0) is 42.3 Å². The Labute approximate surface area is 210 Å². The highest BCUT2D eigenvalue weighted by molar-refractivity contribution is 7.90. The number of aromatic nitrogens is 2. The molecule has 1 aliphatic heterocycles. The van der Waals surface area contributed by atoms with E-state index < -0.39 is 33.8 Å². The second-order valence-corrected chi connectivity index (χ2v) is 11.2. The summed E-state index contributed by atoms with van der Waals surface area (Å²) in [7, 11) is -4.28. The summed E-state index contributed by atoms with van der Waals surface area (Å²) in [6, 6.07) is 7.64. The number of sulfonamides is 1. The standard InChI is InChI=1S/C23H23N5O6S2/c24-18(29)12-34-14-7-8-15-17(10-14)36(32,33)27-22(25-15)19-21(30)20(16-6-3-9-35-16)26-28(23(19)31)11-13-4-1-2-5-13/h3,6-10,13,30H,1-2,4-5,11-12H2,(H2,24,29)(H,25,27). The van der Waals surface area contributed by atoms with E-state index in [0.29, 0.717) is 11.4 Å². The predicted octanol–water partition coefficient (Wildman–Crippen LogP) is 2.29. The molecule has 2 aliphatic rings. The largest absolute Gasteiger partial charge is 0.505 e. The van der Waals surface area contributed by atoms with Gasteiger partial charge in [-0.2, -0.15) is 13.5 Å². The van der Waals surface area contributed by atoms with E-state index in [9.17, 15) is 23.1 Å². The van der Waals surface area contributed by atoms with E-state index in [-0.39, 0.29) is 39.3 Å². The van der Waals surface area contributed by atoms with Crippen LogP contribution in [-0.2, 0) is 21.4 Å². The third-order valence-electron chi connectivity index (χ3n) is 6.10. The Kier molecular flexibility index (Phi) is 6.26. The van der Waals surface area contributed by atoms with Crippen LogP contribution in [0.1, 0.15) is 31.2 Å². The number of nitrogens with two attached hydrogens (primary N) is 1. The number of ether oxygens (including phenoxy) is 1. The molecule has 2 aromatic heterocycles. The van der Waals surface area contributed by atoms with Crippen molar-refractivity contribution in [3.8, 4) is 22.1 Å². The lowest BCUT2D eigenvalue weighted by Crippen LogP contribution is -2.35. The fourth-order valence-corrected chi connectivity index (χ4v) is 6.26. The summed E-state index contributed by atoms with van der Waals surface area (Å²) in [5.74, 6) is -1.07. The molecule has 11 nitrogen and oxygen atoms in total. The minimum atomic E-state index is -4.28. The third-order valence-corrected chi connectivity index (χ3v) is 8.30. The first kappa shape index (κ1) is 24.0. The van der Waals surface area contributed by atoms with Crippen LogP contribution in [0.15, 0.2) is 49.8 Å². The molecule has 3 aromatic rings. The zero-order valence-electron chi connectivity index (χ0n) is 19.0. The number of amidine groups is 1. The maximum absolute atomic E-state index is 13.5. The van der Waals surface area contributed by atoms with E-state index in [1.165, 1.54) is 34.2 Å². The van der Waals surface area contributed by atoms with E-state index in [1.54, 1.807) is 12.1 Å². The molecule has 0 bridgehead atoms. The van der Waals surface area contributed by atoms with Crippen molar-refractivity contribution in [2.24, 2.45) is 16.0 Å². The molecule has 1 aromatic carbocycles. The summed E-state index contributed by atoms with van der Waals surface area (Å²) in [4.78, 5) is 24.9. The van der Waals surface area contributed by atoms with Crippen molar-refractivity contribution in [3.05, 3.63) is 51.6 Å². The monoisotopic (exact) mass is 529 g/mol. The minimum Gasteiger partial charge on any atom is -0.505 e. The second kappa shape index (κ2) is 9.39. The minimum absolute atomic E-state index is 0.113. The molecule has 0 unspecified atom stereocenters. The summed E-state index contributed by atoms with van der Waals surface area (Å²) in [5, 5.41) is 20.2. The summed E-state index contributed by atoms with van der Waals surface area (Å²) in [6.45, 7) is -0.0562. The molecular formula is C23H23N5O6S2. The zero-order chi connectivity index (χ0) is 25.4. The van der Waals surface area contributed by atoms with Gasteiger partial charge in [0.2, 0.25) is 0 Å². The van der Waals surface area contributed by atoms with E-state index >= 15 is 0 Å². The lowest BCUT2D eigenvalue weighted by atomic mass is 10.1. The van der Waals surface area contributed by atoms with Crippen molar-refractivity contribution >= 4 is 38.8 Å². The lowest BCUT2D eigenvalue weighted by Gasteiger charge is -2.21. The van der Waals surface area contributed by atoms with Crippen LogP contribution in [0.3, 0.4) is 0 Å². The van der Waals surface area contributed by atoms with Crippen molar-refractivity contribution in [1.82, 2.24) is 9.78 Å². The molecule has 36 heavy (non-hydrogen) atoms. The molecule has 0 atom stereocenters. The summed E-state index contributed by atoms with van der Waals surface area (Å²) >= 11 is 1.34. The fraction of sp³-hybridized carbons (Fsp3) is 0.304. The van der Waals surface area contributed by atoms with Gasteiger partial charge < -0.3 is 20.9 Å². The number of nitrogens with one attached hydrogen (secondary N) is 1. The van der Waals surface area contributed by atoms with Crippen molar-refractivity contribution in [2.45, 2.75) is 37.1 Å². The van der Waals surface area contributed by atoms with Crippen molar-refractivity contribution in [1.29, 1.82) is 0 Å². The first-order chi connectivity index (χ1) is 17.2. The van der Waals surface area contributed by atoms with Crippen molar-refractivity contribution in [2.75, 3.05) is 11.9 Å². The normalized spacial score (nSPS) is 16.7. The number of primary amides is 1. The molecule has 13 heteroatoms. The molecule has 0 radical (unpaired) electrons. The van der Waals surface area contributed by atoms with Crippen LogP contribution < -0.4 is 21.3 Å². The van der Waals surface area contributed by atoms with Crippen LogP contribution in [0.4, 0.5) is 5.69 Å².